The molecule has 0 amide bonds. The monoisotopic (exact) mass is 285 g/mol. The third kappa shape index (κ3) is 3.73. The Morgan fingerprint density at radius 2 is 2.31 bits per heavy atom. The number of rotatable bonds is 5. The smallest absolute Gasteiger partial charge is 0.139 e. The van der Waals surface area contributed by atoms with Gasteiger partial charge in [-0.3, -0.25) is 0 Å². The first-order valence-electron chi connectivity index (χ1n) is 5.10. The summed E-state index contributed by atoms with van der Waals surface area (Å²) in [5.41, 5.74) is 7.63. The van der Waals surface area contributed by atoms with Crippen molar-refractivity contribution in [1.29, 1.82) is 0 Å². The van der Waals surface area contributed by atoms with E-state index in [0.717, 1.165) is 23.1 Å². The van der Waals surface area contributed by atoms with E-state index in [-0.39, 0.29) is 5.84 Å². The summed E-state index contributed by atoms with van der Waals surface area (Å²) in [5, 5.41) is 14.6. The molecule has 0 heterocycles. The Bertz CT molecular complexity index is 379. The SMILES string of the molecule is Cc1cccc(NCCC/C(N)=N/O)c1Br. The molecule has 0 spiro atoms. The van der Waals surface area contributed by atoms with Crippen LogP contribution in [0.4, 0.5) is 5.69 Å². The Hall–Kier alpha value is -1.23. The zero-order valence-electron chi connectivity index (χ0n) is 9.20. The van der Waals surface area contributed by atoms with Gasteiger partial charge >= 0.3 is 0 Å². The van der Waals surface area contributed by atoms with Crippen molar-refractivity contribution in [1.82, 2.24) is 0 Å². The molecule has 0 bridgehead atoms. The fraction of sp³-hybridized carbons (Fsp3) is 0.364. The first-order chi connectivity index (χ1) is 7.65. The maximum atomic E-state index is 8.37. The number of nitrogens with one attached hydrogen (secondary N) is 1. The van der Waals surface area contributed by atoms with Crippen LogP contribution >= 0.6 is 15.9 Å². The number of hydrogen-bond acceptors (Lipinski definition) is 3. The van der Waals surface area contributed by atoms with Gasteiger partial charge in [0.25, 0.3) is 0 Å². The van der Waals surface area contributed by atoms with Crippen molar-refractivity contribution in [3.8, 4) is 0 Å². The van der Waals surface area contributed by atoms with Crippen LogP contribution in [0, 0.1) is 6.92 Å². The van der Waals surface area contributed by atoms with E-state index in [2.05, 4.69) is 26.4 Å². The molecule has 0 unspecified atom stereocenters. The molecule has 88 valence electrons. The molecule has 0 atom stereocenters. The number of halogens is 1. The van der Waals surface area contributed by atoms with E-state index in [1.54, 1.807) is 0 Å². The molecule has 1 rings (SSSR count). The van der Waals surface area contributed by atoms with Gasteiger partial charge in [0.2, 0.25) is 0 Å². The largest absolute Gasteiger partial charge is 0.409 e. The molecule has 4 nitrogen and oxygen atoms in total. The first kappa shape index (κ1) is 12.8. The van der Waals surface area contributed by atoms with E-state index in [4.69, 9.17) is 10.9 Å². The summed E-state index contributed by atoms with van der Waals surface area (Å²) >= 11 is 3.52. The third-order valence-electron chi connectivity index (χ3n) is 2.25. The lowest BCUT2D eigenvalue weighted by Gasteiger charge is -2.09. The molecule has 0 saturated carbocycles. The molecule has 16 heavy (non-hydrogen) atoms. The number of anilines is 1. The maximum absolute atomic E-state index is 8.37. The lowest BCUT2D eigenvalue weighted by atomic mass is 10.2. The number of amidine groups is 1. The topological polar surface area (TPSA) is 70.6 Å². The Balaban J connectivity index is 2.41. The molecular formula is C11H16BrN3O. The minimum Gasteiger partial charge on any atom is -0.409 e. The Kier molecular flexibility index (Phi) is 5.11. The van der Waals surface area contributed by atoms with Gasteiger partial charge in [0, 0.05) is 23.1 Å². The second-order valence-electron chi connectivity index (χ2n) is 3.56. The van der Waals surface area contributed by atoms with Crippen LogP contribution in [0.3, 0.4) is 0 Å². The third-order valence-corrected chi connectivity index (χ3v) is 3.30. The van der Waals surface area contributed by atoms with Gasteiger partial charge in [0.1, 0.15) is 5.84 Å². The van der Waals surface area contributed by atoms with Gasteiger partial charge < -0.3 is 16.3 Å². The van der Waals surface area contributed by atoms with Crippen LogP contribution in [0.5, 0.6) is 0 Å². The standard InChI is InChI=1S/C11H16BrN3O/c1-8-4-2-5-9(11(8)12)14-7-3-6-10(13)15-16/h2,4-5,14,16H,3,6-7H2,1H3,(H2,13,15). The van der Waals surface area contributed by atoms with Crippen molar-refractivity contribution < 1.29 is 5.21 Å². The second kappa shape index (κ2) is 6.37. The molecular weight excluding hydrogens is 270 g/mol. The zero-order chi connectivity index (χ0) is 12.0. The summed E-state index contributed by atoms with van der Waals surface area (Å²) in [6.45, 7) is 2.84. The lowest BCUT2D eigenvalue weighted by molar-refractivity contribution is 0.316. The van der Waals surface area contributed by atoms with E-state index in [0.29, 0.717) is 6.42 Å². The molecule has 0 aliphatic carbocycles. The summed E-state index contributed by atoms with van der Waals surface area (Å²) in [7, 11) is 0. The number of benzene rings is 1. The summed E-state index contributed by atoms with van der Waals surface area (Å²) in [5.74, 6) is 0.269. The molecule has 0 radical (unpaired) electrons. The molecule has 4 N–H and O–H groups in total. The highest BCUT2D eigenvalue weighted by Crippen LogP contribution is 2.25. The van der Waals surface area contributed by atoms with Crippen molar-refractivity contribution in [3.05, 3.63) is 28.2 Å². The van der Waals surface area contributed by atoms with Gasteiger partial charge in [-0.15, -0.1) is 0 Å². The van der Waals surface area contributed by atoms with Gasteiger partial charge in [-0.25, -0.2) is 0 Å². The highest BCUT2D eigenvalue weighted by atomic mass is 79.9. The van der Waals surface area contributed by atoms with Crippen LogP contribution in [0.2, 0.25) is 0 Å². The van der Waals surface area contributed by atoms with Crippen LogP contribution in [0.1, 0.15) is 18.4 Å². The molecule has 0 fully saturated rings. The van der Waals surface area contributed by atoms with Gasteiger partial charge in [0.15, 0.2) is 0 Å². The molecule has 0 aromatic heterocycles. The average molecular weight is 286 g/mol. The van der Waals surface area contributed by atoms with Gasteiger partial charge in [-0.1, -0.05) is 17.3 Å². The first-order valence-corrected chi connectivity index (χ1v) is 5.90. The predicted molar refractivity (Wildman–Crippen MR) is 70.0 cm³/mol. The van der Waals surface area contributed by atoms with Crippen molar-refractivity contribution in [2.75, 3.05) is 11.9 Å². The van der Waals surface area contributed by atoms with Crippen molar-refractivity contribution in [2.24, 2.45) is 10.9 Å². The second-order valence-corrected chi connectivity index (χ2v) is 4.35. The van der Waals surface area contributed by atoms with Crippen molar-refractivity contribution in [3.63, 3.8) is 0 Å². The molecule has 0 saturated heterocycles. The summed E-state index contributed by atoms with van der Waals surface area (Å²) in [4.78, 5) is 0. The Morgan fingerprint density at radius 1 is 1.56 bits per heavy atom. The van der Waals surface area contributed by atoms with Crippen LogP contribution in [-0.4, -0.2) is 17.6 Å². The predicted octanol–water partition coefficient (Wildman–Crippen LogP) is 2.70. The number of hydrogen-bond donors (Lipinski definition) is 3. The van der Waals surface area contributed by atoms with Crippen LogP contribution in [-0.2, 0) is 0 Å². The van der Waals surface area contributed by atoms with E-state index < -0.39 is 0 Å². The normalized spacial score (nSPS) is 11.5. The van der Waals surface area contributed by atoms with E-state index in [1.165, 1.54) is 5.56 Å². The quantitative estimate of drug-likeness (QED) is 0.256. The highest BCUT2D eigenvalue weighted by molar-refractivity contribution is 9.10. The van der Waals surface area contributed by atoms with Crippen molar-refractivity contribution >= 4 is 27.5 Å². The fourth-order valence-electron chi connectivity index (χ4n) is 1.33. The molecule has 0 aliphatic heterocycles. The lowest BCUT2D eigenvalue weighted by Crippen LogP contribution is -2.13. The number of nitrogens with two attached hydrogens (primary N) is 1. The average Bonchev–Trinajstić information content (AvgIpc) is 2.29. The fourth-order valence-corrected chi connectivity index (χ4v) is 1.73. The van der Waals surface area contributed by atoms with E-state index in [9.17, 15) is 0 Å². The zero-order valence-corrected chi connectivity index (χ0v) is 10.8. The molecule has 1 aromatic rings. The number of aryl methyl sites for hydroxylation is 1. The highest BCUT2D eigenvalue weighted by Gasteiger charge is 2.01. The maximum Gasteiger partial charge on any atom is 0.139 e. The van der Waals surface area contributed by atoms with Gasteiger partial charge in [-0.2, -0.15) is 0 Å². The van der Waals surface area contributed by atoms with Crippen LogP contribution in [0.15, 0.2) is 27.8 Å². The van der Waals surface area contributed by atoms with Gasteiger partial charge in [-0.05, 0) is 40.9 Å². The van der Waals surface area contributed by atoms with Crippen LogP contribution < -0.4 is 11.1 Å². The molecule has 0 aliphatic rings. The Morgan fingerprint density at radius 3 is 3.00 bits per heavy atom. The molecule has 5 heteroatoms. The van der Waals surface area contributed by atoms with Crippen molar-refractivity contribution in [2.45, 2.75) is 19.8 Å². The van der Waals surface area contributed by atoms with Gasteiger partial charge in [0.05, 0.1) is 0 Å². The number of oxime groups is 1. The Labute approximate surface area is 104 Å². The van der Waals surface area contributed by atoms with E-state index in [1.807, 2.05) is 25.1 Å². The minimum absolute atomic E-state index is 0.269. The van der Waals surface area contributed by atoms with Crippen LogP contribution in [0.25, 0.3) is 0 Å². The summed E-state index contributed by atoms with van der Waals surface area (Å²) < 4.78 is 1.08. The number of nitrogens with zero attached hydrogens (tertiary/aromatic N) is 1. The summed E-state index contributed by atoms with van der Waals surface area (Å²) in [6, 6.07) is 6.07. The molecule has 1 aromatic carbocycles. The van der Waals surface area contributed by atoms with E-state index >= 15 is 0 Å². The summed E-state index contributed by atoms with van der Waals surface area (Å²) in [6.07, 6.45) is 1.42. The minimum atomic E-state index is 0.269.